The summed E-state index contributed by atoms with van der Waals surface area (Å²) in [4.78, 5) is 0. The molecule has 2 rings (SSSR count). The molecule has 1 aliphatic rings. The van der Waals surface area contributed by atoms with Crippen molar-refractivity contribution in [1.82, 2.24) is 4.48 Å². The molecule has 0 saturated carbocycles. The third-order valence-electron chi connectivity index (χ3n) is 3.88. The molecule has 0 amide bonds. The molecule has 17 heavy (non-hydrogen) atoms. The van der Waals surface area contributed by atoms with Gasteiger partial charge in [-0.2, -0.15) is 0 Å². The zero-order chi connectivity index (χ0) is 12.6. The molecule has 1 aromatic carbocycles. The fourth-order valence-electron chi connectivity index (χ4n) is 2.53. The average Bonchev–Trinajstić information content (AvgIpc) is 2.56. The van der Waals surface area contributed by atoms with Gasteiger partial charge in [-0.25, -0.2) is 4.48 Å². The Hall–Kier alpha value is -1.38. The highest BCUT2D eigenvalue weighted by atomic mass is 16.3. The first-order valence-corrected chi connectivity index (χ1v) is 5.98. The normalized spacial score (nSPS) is 26.1. The summed E-state index contributed by atoms with van der Waals surface area (Å²) in [5.41, 5.74) is 4.71. The standard InChI is InChI=1S/C15H20NO/c1-11-10-15(13(3)17)12(2)16(11,4)14-8-6-5-7-9-14/h5-10,13,17H,1-4H3/q+1. The van der Waals surface area contributed by atoms with Crippen molar-refractivity contribution in [2.75, 3.05) is 7.05 Å². The van der Waals surface area contributed by atoms with Gasteiger partial charge in [-0.05, 0) is 19.1 Å². The van der Waals surface area contributed by atoms with Gasteiger partial charge in [-0.1, -0.05) is 18.2 Å². The number of rotatable bonds is 2. The zero-order valence-electron chi connectivity index (χ0n) is 10.9. The molecule has 2 atom stereocenters. The molecule has 0 saturated heterocycles. The summed E-state index contributed by atoms with van der Waals surface area (Å²) in [6.45, 7) is 6.04. The lowest BCUT2D eigenvalue weighted by molar-refractivity contribution is 0.233. The largest absolute Gasteiger partial charge is 0.388 e. The molecule has 0 bridgehead atoms. The van der Waals surface area contributed by atoms with Crippen molar-refractivity contribution < 1.29 is 5.11 Å². The minimum absolute atomic E-state index is 0.409. The molecular weight excluding hydrogens is 210 g/mol. The predicted molar refractivity (Wildman–Crippen MR) is 72.3 cm³/mol. The SMILES string of the molecule is CC1=CC(C(C)O)=C(C)[N+]1(C)c1ccccc1. The van der Waals surface area contributed by atoms with Crippen LogP contribution in [-0.4, -0.2) is 18.3 Å². The zero-order valence-corrected chi connectivity index (χ0v) is 10.9. The Bertz CT molecular complexity index is 485. The number of allylic oxidation sites excluding steroid dienone is 2. The van der Waals surface area contributed by atoms with E-state index in [0.29, 0.717) is 4.48 Å². The van der Waals surface area contributed by atoms with E-state index in [2.05, 4.69) is 51.2 Å². The van der Waals surface area contributed by atoms with Crippen LogP contribution in [0.1, 0.15) is 20.8 Å². The van der Waals surface area contributed by atoms with E-state index in [1.54, 1.807) is 0 Å². The first-order valence-electron chi connectivity index (χ1n) is 5.98. The van der Waals surface area contributed by atoms with Gasteiger partial charge >= 0.3 is 0 Å². The fourth-order valence-corrected chi connectivity index (χ4v) is 2.53. The minimum Gasteiger partial charge on any atom is -0.388 e. The van der Waals surface area contributed by atoms with Gasteiger partial charge in [0, 0.05) is 25.5 Å². The van der Waals surface area contributed by atoms with Crippen LogP contribution in [0.25, 0.3) is 0 Å². The van der Waals surface area contributed by atoms with Crippen molar-refractivity contribution >= 4 is 5.69 Å². The lowest BCUT2D eigenvalue weighted by Crippen LogP contribution is -2.39. The van der Waals surface area contributed by atoms with Crippen LogP contribution in [0.5, 0.6) is 0 Å². The lowest BCUT2D eigenvalue weighted by atomic mass is 10.1. The van der Waals surface area contributed by atoms with Gasteiger partial charge in [-0.3, -0.25) is 0 Å². The maximum atomic E-state index is 9.81. The topological polar surface area (TPSA) is 20.2 Å². The van der Waals surface area contributed by atoms with E-state index in [9.17, 15) is 5.11 Å². The number of nitrogens with zero attached hydrogens (tertiary/aromatic N) is 1. The molecule has 0 aliphatic carbocycles. The molecule has 2 heteroatoms. The molecule has 1 heterocycles. The van der Waals surface area contributed by atoms with Crippen LogP contribution in [0.2, 0.25) is 0 Å². The van der Waals surface area contributed by atoms with Crippen molar-refractivity contribution in [3.05, 3.63) is 53.4 Å². The Morgan fingerprint density at radius 1 is 1.12 bits per heavy atom. The van der Waals surface area contributed by atoms with Gasteiger partial charge in [0.2, 0.25) is 0 Å². The van der Waals surface area contributed by atoms with E-state index in [-0.39, 0.29) is 0 Å². The number of para-hydroxylation sites is 1. The summed E-state index contributed by atoms with van der Waals surface area (Å²) >= 11 is 0. The highest BCUT2D eigenvalue weighted by molar-refractivity contribution is 5.58. The molecule has 2 nitrogen and oxygen atoms in total. The molecule has 0 spiro atoms. The summed E-state index contributed by atoms with van der Waals surface area (Å²) in [6.07, 6.45) is 1.70. The van der Waals surface area contributed by atoms with E-state index in [4.69, 9.17) is 0 Å². The van der Waals surface area contributed by atoms with Gasteiger partial charge in [0.1, 0.15) is 17.1 Å². The van der Waals surface area contributed by atoms with Crippen molar-refractivity contribution in [3.63, 3.8) is 0 Å². The van der Waals surface area contributed by atoms with Crippen molar-refractivity contribution in [3.8, 4) is 0 Å². The van der Waals surface area contributed by atoms with Crippen LogP contribution in [0.3, 0.4) is 0 Å². The maximum Gasteiger partial charge on any atom is 0.142 e. The van der Waals surface area contributed by atoms with E-state index in [0.717, 1.165) is 5.57 Å². The number of aliphatic hydroxyl groups is 1. The smallest absolute Gasteiger partial charge is 0.142 e. The molecule has 2 unspecified atom stereocenters. The number of aliphatic hydroxyl groups excluding tert-OH is 1. The first kappa shape index (κ1) is 12.1. The van der Waals surface area contributed by atoms with E-state index in [1.165, 1.54) is 17.1 Å². The quantitative estimate of drug-likeness (QED) is 0.774. The van der Waals surface area contributed by atoms with Crippen molar-refractivity contribution in [1.29, 1.82) is 0 Å². The number of hydrogen-bond acceptors (Lipinski definition) is 1. The van der Waals surface area contributed by atoms with E-state index >= 15 is 0 Å². The molecule has 0 fully saturated rings. The van der Waals surface area contributed by atoms with Crippen LogP contribution in [0.4, 0.5) is 5.69 Å². The highest BCUT2D eigenvalue weighted by Gasteiger charge is 2.38. The number of benzene rings is 1. The Labute approximate surface area is 103 Å². The Morgan fingerprint density at radius 2 is 1.71 bits per heavy atom. The van der Waals surface area contributed by atoms with Gasteiger partial charge < -0.3 is 5.11 Å². The second kappa shape index (κ2) is 4.13. The van der Waals surface area contributed by atoms with Gasteiger partial charge in [0.15, 0.2) is 0 Å². The second-order valence-corrected chi connectivity index (χ2v) is 4.84. The Balaban J connectivity index is 2.57. The van der Waals surface area contributed by atoms with Gasteiger partial charge in [-0.15, -0.1) is 0 Å². The summed E-state index contributed by atoms with van der Waals surface area (Å²) in [6, 6.07) is 10.4. The summed E-state index contributed by atoms with van der Waals surface area (Å²) in [5, 5.41) is 9.81. The van der Waals surface area contributed by atoms with E-state index in [1.807, 2.05) is 13.0 Å². The molecule has 0 aromatic heterocycles. The number of quaternary nitrogens is 1. The minimum atomic E-state index is -0.409. The van der Waals surface area contributed by atoms with Crippen LogP contribution < -0.4 is 4.48 Å². The predicted octanol–water partition coefficient (Wildman–Crippen LogP) is 3.20. The third-order valence-corrected chi connectivity index (χ3v) is 3.88. The molecule has 1 aromatic rings. The summed E-state index contributed by atoms with van der Waals surface area (Å²) < 4.78 is 0.682. The maximum absolute atomic E-state index is 9.81. The van der Waals surface area contributed by atoms with Crippen molar-refractivity contribution in [2.45, 2.75) is 26.9 Å². The van der Waals surface area contributed by atoms with Crippen LogP contribution in [0.15, 0.2) is 53.4 Å². The van der Waals surface area contributed by atoms with Crippen LogP contribution in [-0.2, 0) is 0 Å². The second-order valence-electron chi connectivity index (χ2n) is 4.84. The molecule has 1 N–H and O–H groups in total. The molecule has 90 valence electrons. The molecule has 1 aliphatic heterocycles. The lowest BCUT2D eigenvalue weighted by Gasteiger charge is -2.31. The van der Waals surface area contributed by atoms with Gasteiger partial charge in [0.25, 0.3) is 0 Å². The third kappa shape index (κ3) is 1.74. The Kier molecular flexibility index (Phi) is 2.94. The fraction of sp³-hybridized carbons (Fsp3) is 0.333. The van der Waals surface area contributed by atoms with Gasteiger partial charge in [0.05, 0.1) is 13.2 Å². The first-order chi connectivity index (χ1) is 7.98. The summed E-state index contributed by atoms with van der Waals surface area (Å²) in [7, 11) is 2.17. The van der Waals surface area contributed by atoms with E-state index < -0.39 is 6.10 Å². The molecular formula is C15H20NO+. The monoisotopic (exact) mass is 230 g/mol. The van der Waals surface area contributed by atoms with Crippen LogP contribution >= 0.6 is 0 Å². The van der Waals surface area contributed by atoms with Crippen molar-refractivity contribution in [2.24, 2.45) is 0 Å². The highest BCUT2D eigenvalue weighted by Crippen LogP contribution is 2.39. The Morgan fingerprint density at radius 3 is 2.18 bits per heavy atom. The molecule has 0 radical (unpaired) electrons. The van der Waals surface area contributed by atoms with Crippen LogP contribution in [0, 0.1) is 0 Å². The summed E-state index contributed by atoms with van der Waals surface area (Å²) in [5.74, 6) is 0. The number of hydrogen-bond donors (Lipinski definition) is 1. The average molecular weight is 230 g/mol.